The first kappa shape index (κ1) is 13.9. The SMILES string of the molecule is CCOC(=O)C(F)(F)Oc1cc(C#N)ccc1C. The highest BCUT2D eigenvalue weighted by molar-refractivity contribution is 5.76. The number of carbonyl (C=O) groups excluding carboxylic acids is 1. The zero-order valence-corrected chi connectivity index (χ0v) is 9.87. The molecule has 0 N–H and O–H groups in total. The number of nitrogens with zero attached hydrogens (tertiary/aromatic N) is 1. The van der Waals surface area contributed by atoms with E-state index in [1.807, 2.05) is 0 Å². The third kappa shape index (κ3) is 3.17. The van der Waals surface area contributed by atoms with E-state index in [2.05, 4.69) is 9.47 Å². The van der Waals surface area contributed by atoms with Gasteiger partial charge in [-0.05, 0) is 31.5 Å². The second-order valence-corrected chi connectivity index (χ2v) is 3.43. The Hall–Kier alpha value is -2.16. The van der Waals surface area contributed by atoms with Gasteiger partial charge >= 0.3 is 12.1 Å². The molecule has 0 amide bonds. The Bertz CT molecular complexity index is 495. The van der Waals surface area contributed by atoms with Gasteiger partial charge in [0.25, 0.3) is 0 Å². The highest BCUT2D eigenvalue weighted by Gasteiger charge is 2.44. The number of esters is 1. The summed E-state index contributed by atoms with van der Waals surface area (Å²) in [5.41, 5.74) is 0.549. The number of ether oxygens (including phenoxy) is 2. The summed E-state index contributed by atoms with van der Waals surface area (Å²) in [5.74, 6) is -1.99. The maximum absolute atomic E-state index is 13.3. The molecule has 4 nitrogen and oxygen atoms in total. The van der Waals surface area contributed by atoms with Crippen molar-refractivity contribution in [1.29, 1.82) is 5.26 Å². The molecular weight excluding hydrogens is 244 g/mol. The third-order valence-corrected chi connectivity index (χ3v) is 2.07. The fourth-order valence-electron chi connectivity index (χ4n) is 1.17. The molecule has 18 heavy (non-hydrogen) atoms. The van der Waals surface area contributed by atoms with Gasteiger partial charge in [-0.25, -0.2) is 4.79 Å². The molecule has 0 aliphatic carbocycles. The molecule has 0 bridgehead atoms. The topological polar surface area (TPSA) is 59.3 Å². The van der Waals surface area contributed by atoms with Crippen LogP contribution in [0.2, 0.25) is 0 Å². The van der Waals surface area contributed by atoms with E-state index < -0.39 is 12.1 Å². The fourth-order valence-corrected chi connectivity index (χ4v) is 1.17. The van der Waals surface area contributed by atoms with Crippen molar-refractivity contribution in [3.63, 3.8) is 0 Å². The molecule has 6 heteroatoms. The zero-order chi connectivity index (χ0) is 13.8. The van der Waals surface area contributed by atoms with Crippen molar-refractivity contribution in [2.24, 2.45) is 0 Å². The second kappa shape index (κ2) is 5.45. The number of hydrogen-bond donors (Lipinski definition) is 0. The molecule has 0 fully saturated rings. The van der Waals surface area contributed by atoms with Gasteiger partial charge in [-0.1, -0.05) is 6.07 Å². The second-order valence-electron chi connectivity index (χ2n) is 3.43. The lowest BCUT2D eigenvalue weighted by Gasteiger charge is -2.17. The van der Waals surface area contributed by atoms with Crippen molar-refractivity contribution in [1.82, 2.24) is 0 Å². The van der Waals surface area contributed by atoms with Crippen molar-refractivity contribution < 1.29 is 23.0 Å². The molecule has 0 radical (unpaired) electrons. The minimum absolute atomic E-state index is 0.162. The minimum Gasteiger partial charge on any atom is -0.459 e. The highest BCUT2D eigenvalue weighted by Crippen LogP contribution is 2.27. The van der Waals surface area contributed by atoms with Crippen LogP contribution < -0.4 is 4.74 Å². The average Bonchev–Trinajstić information content (AvgIpc) is 2.32. The summed E-state index contributed by atoms with van der Waals surface area (Å²) < 4.78 is 35.2. The van der Waals surface area contributed by atoms with E-state index in [4.69, 9.17) is 5.26 Å². The highest BCUT2D eigenvalue weighted by atomic mass is 19.3. The fraction of sp³-hybridized carbons (Fsp3) is 0.333. The maximum atomic E-state index is 13.3. The number of nitriles is 1. The monoisotopic (exact) mass is 255 g/mol. The number of halogens is 2. The largest absolute Gasteiger partial charge is 0.502 e. The van der Waals surface area contributed by atoms with E-state index in [1.54, 1.807) is 6.07 Å². The summed E-state index contributed by atoms with van der Waals surface area (Å²) in [5, 5.41) is 8.66. The van der Waals surface area contributed by atoms with Crippen LogP contribution in [-0.2, 0) is 9.53 Å². The third-order valence-electron chi connectivity index (χ3n) is 2.07. The molecule has 0 aliphatic heterocycles. The first-order valence-electron chi connectivity index (χ1n) is 5.15. The molecular formula is C12H11F2NO3. The van der Waals surface area contributed by atoms with Gasteiger partial charge in [0.2, 0.25) is 0 Å². The maximum Gasteiger partial charge on any atom is 0.502 e. The quantitative estimate of drug-likeness (QED) is 0.775. The Labute approximate surface area is 103 Å². The predicted molar refractivity (Wildman–Crippen MR) is 58.1 cm³/mol. The summed E-state index contributed by atoms with van der Waals surface area (Å²) in [7, 11) is 0. The molecule has 0 spiro atoms. The van der Waals surface area contributed by atoms with Crippen LogP contribution >= 0.6 is 0 Å². The summed E-state index contributed by atoms with van der Waals surface area (Å²) in [6.07, 6.45) is -4.07. The van der Waals surface area contributed by atoms with E-state index in [0.29, 0.717) is 5.56 Å². The van der Waals surface area contributed by atoms with Gasteiger partial charge in [-0.15, -0.1) is 0 Å². The molecule has 0 aliphatic rings. The lowest BCUT2D eigenvalue weighted by Crippen LogP contribution is -2.37. The molecule has 0 atom stereocenters. The summed E-state index contributed by atoms with van der Waals surface area (Å²) in [4.78, 5) is 11.0. The van der Waals surface area contributed by atoms with Gasteiger partial charge < -0.3 is 9.47 Å². The molecule has 0 saturated heterocycles. The van der Waals surface area contributed by atoms with Crippen LogP contribution in [0.4, 0.5) is 8.78 Å². The minimum atomic E-state index is -4.07. The Kier molecular flexibility index (Phi) is 4.21. The van der Waals surface area contributed by atoms with Crippen molar-refractivity contribution in [2.45, 2.75) is 20.0 Å². The van der Waals surface area contributed by atoms with E-state index >= 15 is 0 Å². The summed E-state index contributed by atoms with van der Waals surface area (Å²) >= 11 is 0. The first-order valence-corrected chi connectivity index (χ1v) is 5.15. The lowest BCUT2D eigenvalue weighted by atomic mass is 10.1. The number of rotatable bonds is 4. The lowest BCUT2D eigenvalue weighted by molar-refractivity contribution is -0.216. The van der Waals surface area contributed by atoms with Crippen molar-refractivity contribution in [3.8, 4) is 11.8 Å². The Morgan fingerprint density at radius 1 is 1.50 bits per heavy atom. The van der Waals surface area contributed by atoms with Gasteiger partial charge in [0.1, 0.15) is 5.75 Å². The van der Waals surface area contributed by atoms with Crippen LogP contribution in [0.5, 0.6) is 5.75 Å². The van der Waals surface area contributed by atoms with Gasteiger partial charge in [0, 0.05) is 0 Å². The van der Waals surface area contributed by atoms with Crippen LogP contribution in [-0.4, -0.2) is 18.7 Å². The smallest absolute Gasteiger partial charge is 0.459 e. The van der Waals surface area contributed by atoms with Crippen molar-refractivity contribution >= 4 is 5.97 Å². The Morgan fingerprint density at radius 2 is 2.17 bits per heavy atom. The van der Waals surface area contributed by atoms with Crippen LogP contribution in [0.3, 0.4) is 0 Å². The standard InChI is InChI=1S/C12H11F2NO3/c1-3-17-11(16)12(13,14)18-10-6-9(7-15)5-4-8(10)2/h4-6H,3H2,1-2H3. The molecule has 0 unspecified atom stereocenters. The number of hydrogen-bond acceptors (Lipinski definition) is 4. The van der Waals surface area contributed by atoms with Crippen LogP contribution in [0.25, 0.3) is 0 Å². The zero-order valence-electron chi connectivity index (χ0n) is 9.87. The van der Waals surface area contributed by atoms with Crippen LogP contribution in [0, 0.1) is 18.3 Å². The van der Waals surface area contributed by atoms with Crippen LogP contribution in [0.15, 0.2) is 18.2 Å². The summed E-state index contributed by atoms with van der Waals surface area (Å²) in [6.45, 7) is 2.77. The molecule has 1 aromatic rings. The van der Waals surface area contributed by atoms with Gasteiger partial charge in [0.05, 0.1) is 18.2 Å². The molecule has 1 rings (SSSR count). The molecule has 96 valence electrons. The van der Waals surface area contributed by atoms with Crippen molar-refractivity contribution in [3.05, 3.63) is 29.3 Å². The van der Waals surface area contributed by atoms with Crippen LogP contribution in [0.1, 0.15) is 18.1 Å². The molecule has 0 saturated carbocycles. The van der Waals surface area contributed by atoms with Gasteiger partial charge in [0.15, 0.2) is 0 Å². The van der Waals surface area contributed by atoms with E-state index in [0.717, 1.165) is 6.07 Å². The normalized spacial score (nSPS) is 10.6. The molecule has 0 heterocycles. The molecule has 0 aromatic heterocycles. The number of benzene rings is 1. The summed E-state index contributed by atoms with van der Waals surface area (Å²) in [6, 6.07) is 5.85. The van der Waals surface area contributed by atoms with Gasteiger partial charge in [-0.2, -0.15) is 14.0 Å². The van der Waals surface area contributed by atoms with E-state index in [-0.39, 0.29) is 17.9 Å². The molecule has 1 aromatic carbocycles. The van der Waals surface area contributed by atoms with Gasteiger partial charge in [-0.3, -0.25) is 0 Å². The van der Waals surface area contributed by atoms with E-state index in [9.17, 15) is 13.6 Å². The average molecular weight is 255 g/mol. The number of carbonyl (C=O) groups is 1. The van der Waals surface area contributed by atoms with Crippen molar-refractivity contribution in [2.75, 3.05) is 6.61 Å². The number of aryl methyl sites for hydroxylation is 1. The number of alkyl halides is 2. The Morgan fingerprint density at radius 3 is 2.72 bits per heavy atom. The predicted octanol–water partition coefficient (Wildman–Crippen LogP) is 2.40. The first-order chi connectivity index (χ1) is 8.40. The Balaban J connectivity index is 2.96. The van der Waals surface area contributed by atoms with E-state index in [1.165, 1.54) is 26.0 Å².